The van der Waals surface area contributed by atoms with Crippen LogP contribution >= 0.6 is 0 Å². The average Bonchev–Trinajstić information content (AvgIpc) is 3.11. The van der Waals surface area contributed by atoms with Gasteiger partial charge in [0.1, 0.15) is 5.69 Å². The number of anilines is 1. The molecule has 6 heteroatoms. The summed E-state index contributed by atoms with van der Waals surface area (Å²) in [5.74, 6) is -0.0431. The minimum atomic E-state index is -0.253. The zero-order chi connectivity index (χ0) is 20.4. The Kier molecular flexibility index (Phi) is 5.69. The van der Waals surface area contributed by atoms with E-state index in [9.17, 15) is 9.59 Å². The topological polar surface area (TPSA) is 76.0 Å². The van der Waals surface area contributed by atoms with Gasteiger partial charge in [-0.15, -0.1) is 0 Å². The van der Waals surface area contributed by atoms with Gasteiger partial charge in [0.05, 0.1) is 5.69 Å². The SMILES string of the molecule is Cc1ccc(NC(=O)c2nc(C(=O)NC3CCCCC3)c3n2CCCC3)c(C)c1. The molecule has 1 aliphatic heterocycles. The number of aryl methyl sites for hydroxylation is 2. The van der Waals surface area contributed by atoms with Crippen LogP contribution in [0.5, 0.6) is 0 Å². The third kappa shape index (κ3) is 4.21. The summed E-state index contributed by atoms with van der Waals surface area (Å²) in [5, 5.41) is 6.14. The second-order valence-electron chi connectivity index (χ2n) is 8.42. The lowest BCUT2D eigenvalue weighted by Gasteiger charge is -2.23. The van der Waals surface area contributed by atoms with Crippen LogP contribution in [-0.4, -0.2) is 27.4 Å². The van der Waals surface area contributed by atoms with E-state index in [1.807, 2.05) is 36.6 Å². The van der Waals surface area contributed by atoms with Gasteiger partial charge >= 0.3 is 0 Å². The van der Waals surface area contributed by atoms with Crippen LogP contribution in [-0.2, 0) is 13.0 Å². The molecule has 0 unspecified atom stereocenters. The third-order valence-corrected chi connectivity index (χ3v) is 6.11. The number of carbonyl (C=O) groups is 2. The molecule has 2 aliphatic rings. The van der Waals surface area contributed by atoms with Crippen LogP contribution in [0, 0.1) is 13.8 Å². The number of nitrogens with zero attached hydrogens (tertiary/aromatic N) is 2. The maximum atomic E-state index is 13.0. The highest BCUT2D eigenvalue weighted by Crippen LogP contribution is 2.24. The summed E-state index contributed by atoms with van der Waals surface area (Å²) in [4.78, 5) is 30.5. The lowest BCUT2D eigenvalue weighted by molar-refractivity contribution is 0.0921. The first-order valence-corrected chi connectivity index (χ1v) is 10.8. The quantitative estimate of drug-likeness (QED) is 0.818. The lowest BCUT2D eigenvalue weighted by atomic mass is 9.95. The molecule has 2 N–H and O–H groups in total. The molecule has 2 heterocycles. The van der Waals surface area contributed by atoms with Crippen molar-refractivity contribution in [1.82, 2.24) is 14.9 Å². The van der Waals surface area contributed by atoms with E-state index in [2.05, 4.69) is 15.6 Å². The molecule has 0 radical (unpaired) electrons. The zero-order valence-electron chi connectivity index (χ0n) is 17.4. The molecule has 1 aromatic heterocycles. The second-order valence-corrected chi connectivity index (χ2v) is 8.42. The van der Waals surface area contributed by atoms with Gasteiger partial charge in [-0.3, -0.25) is 9.59 Å². The van der Waals surface area contributed by atoms with Crippen molar-refractivity contribution in [2.45, 2.75) is 77.8 Å². The number of aromatic nitrogens is 2. The molecule has 0 saturated heterocycles. The van der Waals surface area contributed by atoms with E-state index >= 15 is 0 Å². The number of nitrogens with one attached hydrogen (secondary N) is 2. The number of carbonyl (C=O) groups excluding carboxylic acids is 2. The molecular formula is C23H30N4O2. The maximum Gasteiger partial charge on any atom is 0.291 e. The van der Waals surface area contributed by atoms with E-state index in [-0.39, 0.29) is 17.9 Å². The summed E-state index contributed by atoms with van der Waals surface area (Å²) in [6.07, 6.45) is 8.44. The van der Waals surface area contributed by atoms with Gasteiger partial charge in [0, 0.05) is 18.3 Å². The Hall–Kier alpha value is -2.63. The summed E-state index contributed by atoms with van der Waals surface area (Å²) in [7, 11) is 0. The van der Waals surface area contributed by atoms with E-state index in [0.29, 0.717) is 11.5 Å². The first-order valence-electron chi connectivity index (χ1n) is 10.8. The van der Waals surface area contributed by atoms with Crippen molar-refractivity contribution in [3.8, 4) is 0 Å². The predicted octanol–water partition coefficient (Wildman–Crippen LogP) is 4.15. The molecule has 4 rings (SSSR count). The highest BCUT2D eigenvalue weighted by molar-refractivity contribution is 6.04. The Labute approximate surface area is 172 Å². The number of amides is 2. The average molecular weight is 395 g/mol. The first kappa shape index (κ1) is 19.7. The number of rotatable bonds is 4. The number of hydrogen-bond acceptors (Lipinski definition) is 3. The van der Waals surface area contributed by atoms with Crippen molar-refractivity contribution in [2.75, 3.05) is 5.32 Å². The van der Waals surface area contributed by atoms with Crippen LogP contribution in [0.25, 0.3) is 0 Å². The van der Waals surface area contributed by atoms with Crippen LogP contribution < -0.4 is 10.6 Å². The third-order valence-electron chi connectivity index (χ3n) is 6.11. The number of fused-ring (bicyclic) bond motifs is 1. The standard InChI is InChI=1S/C23H30N4O2/c1-15-11-12-18(16(2)14-15)25-23(29)21-26-20(19-10-6-7-13-27(19)21)22(28)24-17-8-4-3-5-9-17/h11-12,14,17H,3-10,13H2,1-2H3,(H,24,28)(H,25,29). The molecule has 29 heavy (non-hydrogen) atoms. The van der Waals surface area contributed by atoms with Crippen LogP contribution in [0.3, 0.4) is 0 Å². The number of hydrogen-bond donors (Lipinski definition) is 2. The highest BCUT2D eigenvalue weighted by atomic mass is 16.2. The predicted molar refractivity (Wildman–Crippen MR) is 113 cm³/mol. The fourth-order valence-corrected chi connectivity index (χ4v) is 4.53. The number of benzene rings is 1. The monoisotopic (exact) mass is 394 g/mol. The molecule has 1 aromatic carbocycles. The van der Waals surface area contributed by atoms with E-state index in [4.69, 9.17) is 0 Å². The summed E-state index contributed by atoms with van der Waals surface area (Å²) in [5.41, 5.74) is 4.28. The smallest absolute Gasteiger partial charge is 0.291 e. The molecule has 0 bridgehead atoms. The Balaban J connectivity index is 1.58. The molecular weight excluding hydrogens is 364 g/mol. The van der Waals surface area contributed by atoms with E-state index in [0.717, 1.165) is 74.0 Å². The van der Waals surface area contributed by atoms with Crippen LogP contribution in [0.15, 0.2) is 18.2 Å². The zero-order valence-corrected chi connectivity index (χ0v) is 17.4. The Morgan fingerprint density at radius 3 is 2.59 bits per heavy atom. The van der Waals surface area contributed by atoms with Gasteiger partial charge in [-0.2, -0.15) is 0 Å². The van der Waals surface area contributed by atoms with Crippen molar-refractivity contribution in [2.24, 2.45) is 0 Å². The molecule has 1 aliphatic carbocycles. The fraction of sp³-hybridized carbons (Fsp3) is 0.522. The highest BCUT2D eigenvalue weighted by Gasteiger charge is 2.29. The van der Waals surface area contributed by atoms with Crippen molar-refractivity contribution in [3.05, 3.63) is 46.5 Å². The normalized spacial score (nSPS) is 16.9. The molecule has 0 atom stereocenters. The number of imidazole rings is 1. The lowest BCUT2D eigenvalue weighted by Crippen LogP contribution is -2.37. The van der Waals surface area contributed by atoms with E-state index < -0.39 is 0 Å². The Morgan fingerprint density at radius 2 is 1.83 bits per heavy atom. The van der Waals surface area contributed by atoms with Gasteiger partial charge in [-0.05, 0) is 57.6 Å². The minimum absolute atomic E-state index is 0.131. The molecule has 1 fully saturated rings. The van der Waals surface area contributed by atoms with Crippen molar-refractivity contribution < 1.29 is 9.59 Å². The summed E-state index contributed by atoms with van der Waals surface area (Å²) in [6, 6.07) is 6.16. The molecule has 154 valence electrons. The molecule has 0 spiro atoms. The van der Waals surface area contributed by atoms with Gasteiger partial charge < -0.3 is 15.2 Å². The van der Waals surface area contributed by atoms with Crippen LogP contribution in [0.1, 0.15) is 82.9 Å². The van der Waals surface area contributed by atoms with Gasteiger partial charge in [-0.1, -0.05) is 37.0 Å². The van der Waals surface area contributed by atoms with Gasteiger partial charge in [-0.25, -0.2) is 4.98 Å². The fourth-order valence-electron chi connectivity index (χ4n) is 4.53. The van der Waals surface area contributed by atoms with Crippen LogP contribution in [0.2, 0.25) is 0 Å². The van der Waals surface area contributed by atoms with Crippen LogP contribution in [0.4, 0.5) is 5.69 Å². The van der Waals surface area contributed by atoms with Crippen molar-refractivity contribution >= 4 is 17.5 Å². The first-order chi connectivity index (χ1) is 14.0. The minimum Gasteiger partial charge on any atom is -0.348 e. The van der Waals surface area contributed by atoms with Gasteiger partial charge in [0.15, 0.2) is 5.82 Å². The molecule has 2 aromatic rings. The summed E-state index contributed by atoms with van der Waals surface area (Å²) in [6.45, 7) is 4.74. The van der Waals surface area contributed by atoms with E-state index in [1.54, 1.807) is 0 Å². The molecule has 6 nitrogen and oxygen atoms in total. The van der Waals surface area contributed by atoms with Gasteiger partial charge in [0.25, 0.3) is 11.8 Å². The molecule has 1 saturated carbocycles. The Bertz CT molecular complexity index is 925. The molecule has 2 amide bonds. The largest absolute Gasteiger partial charge is 0.348 e. The van der Waals surface area contributed by atoms with E-state index in [1.165, 1.54) is 6.42 Å². The van der Waals surface area contributed by atoms with Gasteiger partial charge in [0.2, 0.25) is 0 Å². The second kappa shape index (κ2) is 8.39. The summed E-state index contributed by atoms with van der Waals surface area (Å²) < 4.78 is 1.94. The van der Waals surface area contributed by atoms with Crippen molar-refractivity contribution in [3.63, 3.8) is 0 Å². The Morgan fingerprint density at radius 1 is 1.03 bits per heavy atom. The summed E-state index contributed by atoms with van der Waals surface area (Å²) >= 11 is 0. The van der Waals surface area contributed by atoms with Crippen molar-refractivity contribution in [1.29, 1.82) is 0 Å². The maximum absolute atomic E-state index is 13.0.